The van der Waals surface area contributed by atoms with Crippen LogP contribution in [0.1, 0.15) is 18.4 Å². The van der Waals surface area contributed by atoms with E-state index >= 15 is 0 Å². The van der Waals surface area contributed by atoms with Crippen LogP contribution < -0.4 is 15.2 Å². The second kappa shape index (κ2) is 5.59. The summed E-state index contributed by atoms with van der Waals surface area (Å²) in [6, 6.07) is 5.92. The van der Waals surface area contributed by atoms with Crippen molar-refractivity contribution in [3.8, 4) is 11.5 Å². The Labute approximate surface area is 108 Å². The molecule has 1 saturated heterocycles. The standard InChI is InChI=1S/C14H21NO3/c1-16-11-4-5-13(17-2)12(8-11)14(6-3-7-15)9-18-10-14/h4-5,8H,3,6-7,9-10,15H2,1-2H3. The first-order valence-electron chi connectivity index (χ1n) is 6.26. The Morgan fingerprint density at radius 3 is 2.56 bits per heavy atom. The molecule has 0 spiro atoms. The third-order valence-corrected chi connectivity index (χ3v) is 3.59. The van der Waals surface area contributed by atoms with Crippen LogP contribution in [-0.4, -0.2) is 34.0 Å². The summed E-state index contributed by atoms with van der Waals surface area (Å²) in [7, 11) is 3.37. The molecule has 0 bridgehead atoms. The third-order valence-electron chi connectivity index (χ3n) is 3.59. The summed E-state index contributed by atoms with van der Waals surface area (Å²) in [6.07, 6.45) is 2.01. The second-order valence-electron chi connectivity index (χ2n) is 4.73. The Balaban J connectivity index is 2.33. The van der Waals surface area contributed by atoms with Crippen LogP contribution in [0.4, 0.5) is 0 Å². The average Bonchev–Trinajstić information content (AvgIpc) is 2.37. The van der Waals surface area contributed by atoms with Crippen LogP contribution in [0.25, 0.3) is 0 Å². The number of hydrogen-bond acceptors (Lipinski definition) is 4. The lowest BCUT2D eigenvalue weighted by molar-refractivity contribution is -0.0658. The van der Waals surface area contributed by atoms with E-state index in [2.05, 4.69) is 6.07 Å². The topological polar surface area (TPSA) is 53.7 Å². The number of hydrogen-bond donors (Lipinski definition) is 1. The van der Waals surface area contributed by atoms with Crippen molar-refractivity contribution in [2.75, 3.05) is 34.0 Å². The molecule has 1 aromatic carbocycles. The van der Waals surface area contributed by atoms with Crippen LogP contribution in [0.2, 0.25) is 0 Å². The van der Waals surface area contributed by atoms with Gasteiger partial charge in [-0.3, -0.25) is 0 Å². The molecular formula is C14H21NO3. The van der Waals surface area contributed by atoms with Crippen molar-refractivity contribution in [2.45, 2.75) is 18.3 Å². The lowest BCUT2D eigenvalue weighted by atomic mass is 9.74. The fourth-order valence-electron chi connectivity index (χ4n) is 2.45. The highest BCUT2D eigenvalue weighted by Crippen LogP contribution is 2.42. The molecule has 2 N–H and O–H groups in total. The fraction of sp³-hybridized carbons (Fsp3) is 0.571. The largest absolute Gasteiger partial charge is 0.497 e. The quantitative estimate of drug-likeness (QED) is 0.836. The molecule has 100 valence electrons. The van der Waals surface area contributed by atoms with Crippen LogP contribution in [0.3, 0.4) is 0 Å². The summed E-state index contributed by atoms with van der Waals surface area (Å²) >= 11 is 0. The Bertz CT molecular complexity index is 402. The van der Waals surface area contributed by atoms with E-state index in [4.69, 9.17) is 19.9 Å². The molecule has 2 rings (SSSR count). The molecule has 0 aromatic heterocycles. The van der Waals surface area contributed by atoms with Gasteiger partial charge in [-0.15, -0.1) is 0 Å². The number of rotatable bonds is 6. The van der Waals surface area contributed by atoms with Crippen LogP contribution in [-0.2, 0) is 10.2 Å². The van der Waals surface area contributed by atoms with Gasteiger partial charge in [0.1, 0.15) is 11.5 Å². The number of ether oxygens (including phenoxy) is 3. The highest BCUT2D eigenvalue weighted by atomic mass is 16.5. The maximum absolute atomic E-state index is 5.62. The monoisotopic (exact) mass is 251 g/mol. The molecule has 18 heavy (non-hydrogen) atoms. The van der Waals surface area contributed by atoms with Crippen molar-refractivity contribution in [1.29, 1.82) is 0 Å². The van der Waals surface area contributed by atoms with Crippen molar-refractivity contribution < 1.29 is 14.2 Å². The molecule has 4 nitrogen and oxygen atoms in total. The molecule has 0 unspecified atom stereocenters. The van der Waals surface area contributed by atoms with Crippen molar-refractivity contribution in [1.82, 2.24) is 0 Å². The van der Waals surface area contributed by atoms with Crippen LogP contribution in [0.5, 0.6) is 11.5 Å². The zero-order chi connectivity index (χ0) is 13.0. The molecule has 1 aliphatic rings. The predicted octanol–water partition coefficient (Wildman–Crippen LogP) is 1.71. The fourth-order valence-corrected chi connectivity index (χ4v) is 2.45. The minimum absolute atomic E-state index is 0.0409. The summed E-state index contributed by atoms with van der Waals surface area (Å²) in [5.74, 6) is 1.75. The normalized spacial score (nSPS) is 17.1. The van der Waals surface area contributed by atoms with E-state index < -0.39 is 0 Å². The average molecular weight is 251 g/mol. The molecule has 0 amide bonds. The van der Waals surface area contributed by atoms with E-state index in [0.29, 0.717) is 6.54 Å². The van der Waals surface area contributed by atoms with E-state index in [1.54, 1.807) is 14.2 Å². The van der Waals surface area contributed by atoms with Crippen molar-refractivity contribution in [3.05, 3.63) is 23.8 Å². The first-order valence-corrected chi connectivity index (χ1v) is 6.26. The van der Waals surface area contributed by atoms with Crippen molar-refractivity contribution in [3.63, 3.8) is 0 Å². The Morgan fingerprint density at radius 2 is 2.06 bits per heavy atom. The van der Waals surface area contributed by atoms with Gasteiger partial charge in [-0.05, 0) is 37.6 Å². The van der Waals surface area contributed by atoms with Gasteiger partial charge in [-0.25, -0.2) is 0 Å². The van der Waals surface area contributed by atoms with E-state index in [1.807, 2.05) is 12.1 Å². The summed E-state index contributed by atoms with van der Waals surface area (Å²) in [5, 5.41) is 0. The van der Waals surface area contributed by atoms with Crippen molar-refractivity contribution in [2.24, 2.45) is 5.73 Å². The Kier molecular flexibility index (Phi) is 4.09. The van der Waals surface area contributed by atoms with Crippen LogP contribution >= 0.6 is 0 Å². The number of benzene rings is 1. The summed E-state index contributed by atoms with van der Waals surface area (Å²) in [6.45, 7) is 2.17. The van der Waals surface area contributed by atoms with Gasteiger partial charge in [-0.2, -0.15) is 0 Å². The highest BCUT2D eigenvalue weighted by molar-refractivity contribution is 5.46. The third kappa shape index (κ3) is 2.31. The predicted molar refractivity (Wildman–Crippen MR) is 70.3 cm³/mol. The number of nitrogens with two attached hydrogens (primary N) is 1. The molecule has 0 saturated carbocycles. The van der Waals surface area contributed by atoms with E-state index in [1.165, 1.54) is 5.56 Å². The molecular weight excluding hydrogens is 230 g/mol. The van der Waals surface area contributed by atoms with E-state index in [9.17, 15) is 0 Å². The summed E-state index contributed by atoms with van der Waals surface area (Å²) in [5.41, 5.74) is 6.83. The molecule has 0 aliphatic carbocycles. The zero-order valence-electron chi connectivity index (χ0n) is 11.1. The molecule has 0 atom stereocenters. The molecule has 4 heteroatoms. The molecule has 1 aromatic rings. The van der Waals surface area contributed by atoms with Gasteiger partial charge in [0.2, 0.25) is 0 Å². The van der Waals surface area contributed by atoms with E-state index in [-0.39, 0.29) is 5.41 Å². The summed E-state index contributed by atoms with van der Waals surface area (Å²) < 4.78 is 16.2. The maximum atomic E-state index is 5.62. The van der Waals surface area contributed by atoms with Gasteiger partial charge in [0.15, 0.2) is 0 Å². The Hall–Kier alpha value is -1.26. The van der Waals surface area contributed by atoms with Gasteiger partial charge in [0, 0.05) is 11.0 Å². The minimum Gasteiger partial charge on any atom is -0.497 e. The molecule has 0 radical (unpaired) electrons. The second-order valence-corrected chi connectivity index (χ2v) is 4.73. The smallest absolute Gasteiger partial charge is 0.123 e. The molecule has 1 heterocycles. The first-order chi connectivity index (χ1) is 8.75. The van der Waals surface area contributed by atoms with Crippen LogP contribution in [0.15, 0.2) is 18.2 Å². The molecule has 1 fully saturated rings. The summed E-state index contributed by atoms with van der Waals surface area (Å²) in [4.78, 5) is 0. The van der Waals surface area contributed by atoms with Gasteiger partial charge >= 0.3 is 0 Å². The first kappa shape index (κ1) is 13.2. The van der Waals surface area contributed by atoms with Gasteiger partial charge in [0.05, 0.1) is 27.4 Å². The highest BCUT2D eigenvalue weighted by Gasteiger charge is 2.41. The Morgan fingerprint density at radius 1 is 1.28 bits per heavy atom. The SMILES string of the molecule is COc1ccc(OC)c(C2(CCCN)COC2)c1. The van der Waals surface area contributed by atoms with Gasteiger partial charge in [-0.1, -0.05) is 0 Å². The van der Waals surface area contributed by atoms with Crippen LogP contribution in [0, 0.1) is 0 Å². The zero-order valence-corrected chi connectivity index (χ0v) is 11.1. The lowest BCUT2D eigenvalue weighted by Gasteiger charge is -2.42. The maximum Gasteiger partial charge on any atom is 0.123 e. The molecule has 1 aliphatic heterocycles. The van der Waals surface area contributed by atoms with Gasteiger partial charge < -0.3 is 19.9 Å². The minimum atomic E-state index is 0.0409. The van der Waals surface area contributed by atoms with Crippen molar-refractivity contribution >= 4 is 0 Å². The van der Waals surface area contributed by atoms with Gasteiger partial charge in [0.25, 0.3) is 0 Å². The van der Waals surface area contributed by atoms with E-state index in [0.717, 1.165) is 37.6 Å². The number of methoxy groups -OCH3 is 2. The lowest BCUT2D eigenvalue weighted by Crippen LogP contribution is -2.47.